The van der Waals surface area contributed by atoms with E-state index in [-0.39, 0.29) is 11.5 Å². The molecule has 1 heterocycles. The van der Waals surface area contributed by atoms with E-state index in [4.69, 9.17) is 21.6 Å². The summed E-state index contributed by atoms with van der Waals surface area (Å²) in [4.78, 5) is 12.2. The molecule has 0 amide bonds. The highest BCUT2D eigenvalue weighted by atomic mass is 35.5. The number of hydrogen-bond acceptors (Lipinski definition) is 6. The van der Waals surface area contributed by atoms with Crippen molar-refractivity contribution in [1.82, 2.24) is 14.8 Å². The molecule has 4 rings (SSSR count). The first kappa shape index (κ1) is 25.0. The van der Waals surface area contributed by atoms with E-state index >= 15 is 0 Å². The molecule has 0 saturated heterocycles. The summed E-state index contributed by atoms with van der Waals surface area (Å²) in [5.41, 5.74) is 2.93. The molecule has 0 aliphatic rings. The quantitative estimate of drug-likeness (QED) is 0.206. The maximum Gasteiger partial charge on any atom is 0.342 e. The van der Waals surface area contributed by atoms with Crippen LogP contribution in [0.15, 0.2) is 82.9 Å². The second-order valence-electron chi connectivity index (χ2n) is 7.61. The summed E-state index contributed by atoms with van der Waals surface area (Å²) in [6, 6.07) is 23.7. The lowest BCUT2D eigenvalue weighted by atomic mass is 10.1. The number of benzene rings is 3. The predicted octanol–water partition coefficient (Wildman–Crippen LogP) is 6.29. The molecule has 36 heavy (non-hydrogen) atoms. The van der Waals surface area contributed by atoms with Crippen LogP contribution in [0.4, 0.5) is 0 Å². The first-order valence-electron chi connectivity index (χ1n) is 11.0. The fourth-order valence-corrected chi connectivity index (χ4v) is 4.41. The molecule has 0 fully saturated rings. The molecule has 7 nitrogen and oxygen atoms in total. The van der Waals surface area contributed by atoms with E-state index in [0.717, 1.165) is 22.9 Å². The van der Waals surface area contributed by atoms with Crippen molar-refractivity contribution in [2.45, 2.75) is 25.2 Å². The van der Waals surface area contributed by atoms with Crippen LogP contribution < -0.4 is 4.74 Å². The largest absolute Gasteiger partial charge is 0.488 e. The van der Waals surface area contributed by atoms with Crippen molar-refractivity contribution >= 4 is 35.4 Å². The minimum absolute atomic E-state index is 0.0779. The van der Waals surface area contributed by atoms with Gasteiger partial charge in [-0.25, -0.2) is 4.79 Å². The number of carboxylic acid groups (broad SMARTS) is 1. The number of halogens is 1. The number of nitrogens with zero attached hydrogens (tertiary/aromatic N) is 4. The van der Waals surface area contributed by atoms with Gasteiger partial charge in [-0.05, 0) is 72.8 Å². The van der Waals surface area contributed by atoms with Crippen LogP contribution in [0, 0.1) is 11.3 Å². The lowest BCUT2D eigenvalue weighted by molar-refractivity contribution is -0.131. The topological polar surface area (TPSA) is 101 Å². The zero-order valence-electron chi connectivity index (χ0n) is 19.3. The number of nitriles is 1. The average Bonchev–Trinajstić information content (AvgIpc) is 3.31. The Morgan fingerprint density at radius 3 is 2.50 bits per heavy atom. The van der Waals surface area contributed by atoms with E-state index in [9.17, 15) is 9.90 Å². The Balaban J connectivity index is 1.59. The van der Waals surface area contributed by atoms with E-state index in [0.29, 0.717) is 39.4 Å². The van der Waals surface area contributed by atoms with Gasteiger partial charge in [0.1, 0.15) is 17.3 Å². The molecule has 0 bridgehead atoms. The second kappa shape index (κ2) is 11.6. The van der Waals surface area contributed by atoms with Crippen LogP contribution in [-0.4, -0.2) is 25.8 Å². The summed E-state index contributed by atoms with van der Waals surface area (Å²) in [6.07, 6.45) is 1.57. The van der Waals surface area contributed by atoms with Gasteiger partial charge in [0, 0.05) is 22.7 Å². The Hall–Kier alpha value is -4.06. The molecule has 0 unspecified atom stereocenters. The number of carboxylic acids is 1. The van der Waals surface area contributed by atoms with Crippen LogP contribution in [0.2, 0.25) is 5.02 Å². The van der Waals surface area contributed by atoms with Crippen molar-refractivity contribution < 1.29 is 14.6 Å². The van der Waals surface area contributed by atoms with E-state index in [2.05, 4.69) is 16.3 Å². The zero-order valence-corrected chi connectivity index (χ0v) is 20.8. The summed E-state index contributed by atoms with van der Waals surface area (Å²) in [5, 5.41) is 28.5. The molecule has 0 saturated carbocycles. The third kappa shape index (κ3) is 5.95. The average molecular weight is 517 g/mol. The van der Waals surface area contributed by atoms with Crippen LogP contribution in [0.1, 0.15) is 23.6 Å². The number of carbonyl (C=O) groups is 1. The van der Waals surface area contributed by atoms with Gasteiger partial charge in [-0.15, -0.1) is 10.2 Å². The molecule has 0 radical (unpaired) electrons. The van der Waals surface area contributed by atoms with Crippen molar-refractivity contribution in [3.05, 3.63) is 99.4 Å². The number of hydrogen-bond donors (Lipinski definition) is 1. The van der Waals surface area contributed by atoms with Gasteiger partial charge in [0.15, 0.2) is 11.0 Å². The number of aromatic nitrogens is 3. The molecule has 9 heteroatoms. The summed E-state index contributed by atoms with van der Waals surface area (Å²) >= 11 is 7.03. The predicted molar refractivity (Wildman–Crippen MR) is 140 cm³/mol. The maximum absolute atomic E-state index is 12.1. The van der Waals surface area contributed by atoms with E-state index in [1.165, 1.54) is 0 Å². The van der Waals surface area contributed by atoms with Gasteiger partial charge in [0.2, 0.25) is 0 Å². The highest BCUT2D eigenvalue weighted by Crippen LogP contribution is 2.32. The summed E-state index contributed by atoms with van der Waals surface area (Å²) in [5.74, 6) is 0.0909. The number of thioether (sulfide) groups is 1. The van der Waals surface area contributed by atoms with Crippen molar-refractivity contribution in [3.63, 3.8) is 0 Å². The van der Waals surface area contributed by atoms with Crippen molar-refractivity contribution in [2.75, 3.05) is 0 Å². The summed E-state index contributed by atoms with van der Waals surface area (Å²) in [7, 11) is 0. The molecule has 0 aliphatic heterocycles. The first-order valence-corrected chi connectivity index (χ1v) is 12.2. The molecule has 0 spiro atoms. The van der Waals surface area contributed by atoms with Gasteiger partial charge in [-0.1, -0.05) is 41.9 Å². The monoisotopic (exact) mass is 516 g/mol. The molecule has 1 aromatic heterocycles. The molecular weight excluding hydrogens is 496 g/mol. The van der Waals surface area contributed by atoms with Crippen LogP contribution in [-0.2, 0) is 17.9 Å². The van der Waals surface area contributed by atoms with Crippen molar-refractivity contribution in [3.8, 4) is 23.2 Å². The highest BCUT2D eigenvalue weighted by molar-refractivity contribution is 8.04. The SMILES string of the molecule is CCn1c(S/C(=C\c2ccccc2OCc2ccc(C#N)cc2)C(=O)O)nnc1-c1ccc(Cl)cc1. The van der Waals surface area contributed by atoms with E-state index in [1.54, 1.807) is 42.5 Å². The standard InChI is InChI=1S/C27H21ClN4O3S/c1-2-32-25(20-11-13-22(28)14-12-20)30-31-27(32)36-24(26(33)34)15-21-5-3-4-6-23(21)35-17-19-9-7-18(16-29)8-10-19/h3-15H,2,17H2,1H3,(H,33,34)/b24-15-. The number of rotatable bonds is 9. The van der Waals surface area contributed by atoms with Crippen LogP contribution >= 0.6 is 23.4 Å². The molecule has 1 N–H and O–H groups in total. The Labute approximate surface area is 217 Å². The van der Waals surface area contributed by atoms with Crippen LogP contribution in [0.5, 0.6) is 5.75 Å². The van der Waals surface area contributed by atoms with E-state index in [1.807, 2.05) is 47.9 Å². The number of para-hydroxylation sites is 1. The first-order chi connectivity index (χ1) is 17.5. The Morgan fingerprint density at radius 2 is 1.83 bits per heavy atom. The van der Waals surface area contributed by atoms with Gasteiger partial charge in [0.25, 0.3) is 0 Å². The van der Waals surface area contributed by atoms with Gasteiger partial charge in [-0.3, -0.25) is 0 Å². The lowest BCUT2D eigenvalue weighted by Gasteiger charge is -2.11. The van der Waals surface area contributed by atoms with Gasteiger partial charge >= 0.3 is 5.97 Å². The van der Waals surface area contributed by atoms with E-state index < -0.39 is 5.97 Å². The fraction of sp³-hybridized carbons (Fsp3) is 0.111. The third-order valence-electron chi connectivity index (χ3n) is 5.23. The second-order valence-corrected chi connectivity index (χ2v) is 9.05. The van der Waals surface area contributed by atoms with Crippen molar-refractivity contribution in [2.24, 2.45) is 0 Å². The van der Waals surface area contributed by atoms with Gasteiger partial charge < -0.3 is 14.4 Å². The van der Waals surface area contributed by atoms with Gasteiger partial charge in [-0.2, -0.15) is 5.26 Å². The van der Waals surface area contributed by atoms with Crippen molar-refractivity contribution in [1.29, 1.82) is 5.26 Å². The molecule has 0 atom stereocenters. The smallest absolute Gasteiger partial charge is 0.342 e. The van der Waals surface area contributed by atoms with Crippen LogP contribution in [0.3, 0.4) is 0 Å². The molecule has 3 aromatic carbocycles. The molecule has 0 aliphatic carbocycles. The fourth-order valence-electron chi connectivity index (χ4n) is 3.40. The normalized spacial score (nSPS) is 11.2. The Kier molecular flexibility index (Phi) is 8.06. The number of ether oxygens (including phenoxy) is 1. The Bertz CT molecular complexity index is 1440. The lowest BCUT2D eigenvalue weighted by Crippen LogP contribution is -2.03. The maximum atomic E-state index is 12.1. The molecule has 180 valence electrons. The minimum atomic E-state index is -1.08. The number of aliphatic carboxylic acids is 1. The zero-order chi connectivity index (χ0) is 25.5. The third-order valence-corrected chi connectivity index (χ3v) is 6.48. The minimum Gasteiger partial charge on any atom is -0.488 e. The molecule has 4 aromatic rings. The van der Waals surface area contributed by atoms with Crippen LogP contribution in [0.25, 0.3) is 17.5 Å². The summed E-state index contributed by atoms with van der Waals surface area (Å²) < 4.78 is 7.83. The van der Waals surface area contributed by atoms with Gasteiger partial charge in [0.05, 0.1) is 11.6 Å². The highest BCUT2D eigenvalue weighted by Gasteiger charge is 2.19. The molecular formula is C27H21ClN4O3S. The Morgan fingerprint density at radius 1 is 1.11 bits per heavy atom. The summed E-state index contributed by atoms with van der Waals surface area (Å²) in [6.45, 7) is 2.79.